The van der Waals surface area contributed by atoms with Gasteiger partial charge in [-0.05, 0) is 25.1 Å². The van der Waals surface area contributed by atoms with Crippen LogP contribution in [0.1, 0.15) is 19.8 Å². The summed E-state index contributed by atoms with van der Waals surface area (Å²) in [5.74, 6) is -1.02. The van der Waals surface area contributed by atoms with E-state index in [2.05, 4.69) is 5.32 Å². The van der Waals surface area contributed by atoms with E-state index in [9.17, 15) is 14.4 Å². The molecule has 21 heavy (non-hydrogen) atoms. The van der Waals surface area contributed by atoms with Crippen molar-refractivity contribution in [3.8, 4) is 5.75 Å². The number of likely N-dealkylation sites (N-methyl/N-ethyl adjacent to an activating group) is 1. The lowest BCUT2D eigenvalue weighted by atomic mass is 10.1. The molecule has 7 nitrogen and oxygen atoms in total. The van der Waals surface area contributed by atoms with Gasteiger partial charge >= 0.3 is 5.97 Å². The number of carbonyl (C=O) groups is 3. The molecule has 2 N–H and O–H groups in total. The van der Waals surface area contributed by atoms with Gasteiger partial charge in [-0.3, -0.25) is 14.4 Å². The second-order valence-corrected chi connectivity index (χ2v) is 4.78. The van der Waals surface area contributed by atoms with E-state index >= 15 is 0 Å². The number of carboxylic acid groups (broad SMARTS) is 1. The fraction of sp³-hybridized carbons (Fsp3) is 0.357. The van der Waals surface area contributed by atoms with Gasteiger partial charge in [0.05, 0.1) is 12.1 Å². The molecule has 0 spiro atoms. The van der Waals surface area contributed by atoms with E-state index in [1.165, 1.54) is 4.90 Å². The van der Waals surface area contributed by atoms with E-state index in [1.807, 2.05) is 0 Å². The van der Waals surface area contributed by atoms with Crippen molar-refractivity contribution in [2.75, 3.05) is 17.3 Å². The van der Waals surface area contributed by atoms with Crippen LogP contribution in [0, 0.1) is 0 Å². The topological polar surface area (TPSA) is 95.9 Å². The van der Waals surface area contributed by atoms with Crippen molar-refractivity contribution in [1.29, 1.82) is 0 Å². The molecule has 0 fully saturated rings. The molecule has 1 heterocycles. The van der Waals surface area contributed by atoms with Gasteiger partial charge in [0.25, 0.3) is 5.91 Å². The average Bonchev–Trinajstić information content (AvgIpc) is 2.43. The lowest BCUT2D eigenvalue weighted by molar-refractivity contribution is -0.138. The quantitative estimate of drug-likeness (QED) is 0.870. The molecule has 0 bridgehead atoms. The third kappa shape index (κ3) is 3.31. The van der Waals surface area contributed by atoms with Gasteiger partial charge in [0.2, 0.25) is 5.91 Å². The van der Waals surface area contributed by atoms with E-state index in [1.54, 1.807) is 32.2 Å². The summed E-state index contributed by atoms with van der Waals surface area (Å²) < 4.78 is 5.47. The zero-order valence-electron chi connectivity index (χ0n) is 11.8. The standard InChI is InChI=1S/C14H16N2O5/c1-8-14(20)16(2)10-7-9(3-4-11(10)21-8)15-12(17)5-6-13(18)19/h3-4,7-8H,5-6H2,1-2H3,(H,15,17)(H,18,19). The minimum absolute atomic E-state index is 0.102. The molecule has 0 radical (unpaired) electrons. The Hall–Kier alpha value is -2.57. The predicted octanol–water partition coefficient (Wildman–Crippen LogP) is 1.23. The summed E-state index contributed by atoms with van der Waals surface area (Å²) in [6.07, 6.45) is -0.872. The maximum Gasteiger partial charge on any atom is 0.303 e. The first kappa shape index (κ1) is 14.8. The van der Waals surface area contributed by atoms with Crippen molar-refractivity contribution in [2.24, 2.45) is 0 Å². The molecule has 1 aliphatic rings. The molecule has 2 rings (SSSR count). The third-order valence-electron chi connectivity index (χ3n) is 3.15. The predicted molar refractivity (Wildman–Crippen MR) is 75.4 cm³/mol. The van der Waals surface area contributed by atoms with Crippen LogP contribution in [-0.2, 0) is 14.4 Å². The van der Waals surface area contributed by atoms with Crippen LogP contribution in [0.2, 0.25) is 0 Å². The van der Waals surface area contributed by atoms with Gasteiger partial charge in [-0.2, -0.15) is 0 Å². The first-order valence-corrected chi connectivity index (χ1v) is 6.48. The first-order valence-electron chi connectivity index (χ1n) is 6.48. The van der Waals surface area contributed by atoms with Gasteiger partial charge in [0, 0.05) is 19.2 Å². The van der Waals surface area contributed by atoms with Crippen molar-refractivity contribution in [3.05, 3.63) is 18.2 Å². The molecule has 0 saturated heterocycles. The van der Waals surface area contributed by atoms with E-state index in [-0.39, 0.29) is 18.7 Å². The van der Waals surface area contributed by atoms with Crippen LogP contribution in [0.4, 0.5) is 11.4 Å². The molecule has 1 aromatic carbocycles. The summed E-state index contributed by atoms with van der Waals surface area (Å²) in [5, 5.41) is 11.1. The Kier molecular flexibility index (Phi) is 4.11. The molecule has 7 heteroatoms. The van der Waals surface area contributed by atoms with Crippen LogP contribution in [0.5, 0.6) is 5.75 Å². The zero-order valence-corrected chi connectivity index (χ0v) is 11.8. The van der Waals surface area contributed by atoms with Gasteiger partial charge in [0.1, 0.15) is 5.75 Å². The molecule has 2 amide bonds. The van der Waals surface area contributed by atoms with E-state index in [0.29, 0.717) is 17.1 Å². The van der Waals surface area contributed by atoms with Crippen LogP contribution in [0.25, 0.3) is 0 Å². The minimum atomic E-state index is -1.02. The molecule has 0 aliphatic carbocycles. The number of benzene rings is 1. The number of carbonyl (C=O) groups excluding carboxylic acids is 2. The normalized spacial score (nSPS) is 17.0. The van der Waals surface area contributed by atoms with Gasteiger partial charge in [0.15, 0.2) is 6.10 Å². The summed E-state index contributed by atoms with van der Waals surface area (Å²) in [4.78, 5) is 35.3. The SMILES string of the molecule is CC1Oc2ccc(NC(=O)CCC(=O)O)cc2N(C)C1=O. The van der Waals surface area contributed by atoms with Crippen molar-refractivity contribution in [3.63, 3.8) is 0 Å². The highest BCUT2D eigenvalue weighted by Crippen LogP contribution is 2.35. The Morgan fingerprint density at radius 3 is 2.76 bits per heavy atom. The smallest absolute Gasteiger partial charge is 0.303 e. The number of anilines is 2. The maximum absolute atomic E-state index is 11.8. The molecule has 112 valence electrons. The lowest BCUT2D eigenvalue weighted by Crippen LogP contribution is -2.41. The Morgan fingerprint density at radius 1 is 1.38 bits per heavy atom. The number of fused-ring (bicyclic) bond motifs is 1. The number of rotatable bonds is 4. The second kappa shape index (κ2) is 5.82. The van der Waals surface area contributed by atoms with Crippen LogP contribution < -0.4 is 15.0 Å². The third-order valence-corrected chi connectivity index (χ3v) is 3.15. The van der Waals surface area contributed by atoms with E-state index < -0.39 is 18.0 Å². The van der Waals surface area contributed by atoms with Crippen molar-refractivity contribution in [1.82, 2.24) is 0 Å². The summed E-state index contributed by atoms with van der Waals surface area (Å²) in [5.41, 5.74) is 1.05. The van der Waals surface area contributed by atoms with Crippen molar-refractivity contribution >= 4 is 29.2 Å². The minimum Gasteiger partial charge on any atom is -0.481 e. The molecule has 1 aliphatic heterocycles. The molecular formula is C14H16N2O5. The summed E-state index contributed by atoms with van der Waals surface area (Å²) in [7, 11) is 1.64. The number of nitrogens with zero attached hydrogens (tertiary/aromatic N) is 1. The molecule has 1 atom stereocenters. The summed E-state index contributed by atoms with van der Waals surface area (Å²) >= 11 is 0. The van der Waals surface area contributed by atoms with Crippen LogP contribution in [-0.4, -0.2) is 36.0 Å². The highest BCUT2D eigenvalue weighted by Gasteiger charge is 2.28. The molecule has 0 aromatic heterocycles. The fourth-order valence-corrected chi connectivity index (χ4v) is 2.03. The largest absolute Gasteiger partial charge is 0.481 e. The number of amides is 2. The van der Waals surface area contributed by atoms with Crippen LogP contribution in [0.15, 0.2) is 18.2 Å². The fourth-order valence-electron chi connectivity index (χ4n) is 2.03. The summed E-state index contributed by atoms with van der Waals surface area (Å²) in [6, 6.07) is 4.94. The number of hydrogen-bond acceptors (Lipinski definition) is 4. The maximum atomic E-state index is 11.8. The molecular weight excluding hydrogens is 276 g/mol. The Bertz CT molecular complexity index is 599. The van der Waals surface area contributed by atoms with E-state index in [0.717, 1.165) is 0 Å². The number of ether oxygens (including phenoxy) is 1. The van der Waals surface area contributed by atoms with E-state index in [4.69, 9.17) is 9.84 Å². The number of nitrogens with one attached hydrogen (secondary N) is 1. The van der Waals surface area contributed by atoms with Gasteiger partial charge in [-0.1, -0.05) is 0 Å². The Balaban J connectivity index is 2.12. The highest BCUT2D eigenvalue weighted by molar-refractivity contribution is 6.00. The van der Waals surface area contributed by atoms with Gasteiger partial charge in [-0.15, -0.1) is 0 Å². The molecule has 0 saturated carbocycles. The van der Waals surface area contributed by atoms with Crippen molar-refractivity contribution < 1.29 is 24.2 Å². The summed E-state index contributed by atoms with van der Waals surface area (Å²) in [6.45, 7) is 1.67. The first-order chi connectivity index (χ1) is 9.88. The highest BCUT2D eigenvalue weighted by atomic mass is 16.5. The Labute approximate surface area is 121 Å². The molecule has 1 aromatic rings. The average molecular weight is 292 g/mol. The Morgan fingerprint density at radius 2 is 2.10 bits per heavy atom. The van der Waals surface area contributed by atoms with Crippen LogP contribution in [0.3, 0.4) is 0 Å². The molecule has 1 unspecified atom stereocenters. The number of hydrogen-bond donors (Lipinski definition) is 2. The number of carboxylic acids is 1. The lowest BCUT2D eigenvalue weighted by Gasteiger charge is -2.30. The van der Waals surface area contributed by atoms with Gasteiger partial charge < -0.3 is 20.1 Å². The number of aliphatic carboxylic acids is 1. The van der Waals surface area contributed by atoms with Gasteiger partial charge in [-0.25, -0.2) is 0 Å². The van der Waals surface area contributed by atoms with Crippen LogP contribution >= 0.6 is 0 Å². The van der Waals surface area contributed by atoms with Crippen molar-refractivity contribution in [2.45, 2.75) is 25.9 Å². The zero-order chi connectivity index (χ0) is 15.6. The monoisotopic (exact) mass is 292 g/mol. The second-order valence-electron chi connectivity index (χ2n) is 4.78.